The molecule has 0 aliphatic heterocycles. The summed E-state index contributed by atoms with van der Waals surface area (Å²) >= 11 is 0. The summed E-state index contributed by atoms with van der Waals surface area (Å²) in [4.78, 5) is 2.60. The van der Waals surface area contributed by atoms with Crippen molar-refractivity contribution in [3.63, 3.8) is 0 Å². The van der Waals surface area contributed by atoms with Crippen LogP contribution in [0.4, 0.5) is 0 Å². The van der Waals surface area contributed by atoms with Crippen LogP contribution in [0.2, 0.25) is 0 Å². The maximum Gasteiger partial charge on any atom is 0.0579 e. The second-order valence-electron chi connectivity index (χ2n) is 6.35. The third-order valence-corrected chi connectivity index (χ3v) is 1.98. The number of hydrogen-bond acceptors (Lipinski definition) is 4. The van der Waals surface area contributed by atoms with Crippen LogP contribution in [0.3, 0.4) is 0 Å². The van der Waals surface area contributed by atoms with E-state index < -0.39 is 0 Å². The Hall–Kier alpha value is 0.294. The van der Waals surface area contributed by atoms with Gasteiger partial charge in [-0.3, -0.25) is 0 Å². The summed E-state index contributed by atoms with van der Waals surface area (Å²) in [5, 5.41) is 19.5. The van der Waals surface area contributed by atoms with Crippen LogP contribution in [-0.4, -0.2) is 36.0 Å². The van der Waals surface area contributed by atoms with Gasteiger partial charge in [0.2, 0.25) is 0 Å². The van der Waals surface area contributed by atoms with E-state index in [2.05, 4.69) is 30.8 Å². The summed E-state index contributed by atoms with van der Waals surface area (Å²) in [5.74, 6) is 1.81. The Kier molecular flexibility index (Phi) is 45.4. The predicted octanol–water partition coefficient (Wildman–Crippen LogP) is 3.96. The van der Waals surface area contributed by atoms with Gasteiger partial charge in [-0.15, -0.1) is 0 Å². The topological polar surface area (TPSA) is 115 Å². The number of nitrogens with two attached hydrogens (primary N) is 1. The van der Waals surface area contributed by atoms with Crippen LogP contribution in [0.15, 0.2) is 5.11 Å². The molecule has 1 radical (unpaired) electrons. The van der Waals surface area contributed by atoms with Crippen molar-refractivity contribution in [3.8, 4) is 0 Å². The molecule has 139 valence electrons. The molecule has 23 heavy (non-hydrogen) atoms. The SMILES string of the molecule is CC(C)CN=[N+]=[N-].CC(C)CO.CC(N)CO.CCC(C)C.[Y]. The summed E-state index contributed by atoms with van der Waals surface area (Å²) in [6.45, 7) is 17.4. The van der Waals surface area contributed by atoms with Gasteiger partial charge in [0.15, 0.2) is 0 Å². The van der Waals surface area contributed by atoms with Crippen LogP contribution in [0.1, 0.15) is 61.8 Å². The van der Waals surface area contributed by atoms with Gasteiger partial charge in [-0.05, 0) is 30.2 Å². The molecule has 0 amide bonds. The van der Waals surface area contributed by atoms with Gasteiger partial charge in [0.05, 0.1) is 6.61 Å². The smallest absolute Gasteiger partial charge is 0.0579 e. The molecular formula is C16H40N4O2Y. The minimum atomic E-state index is -0.0602. The summed E-state index contributed by atoms with van der Waals surface area (Å²) < 4.78 is 0. The van der Waals surface area contributed by atoms with Gasteiger partial charge in [-0.25, -0.2) is 0 Å². The molecule has 1 atom stereocenters. The van der Waals surface area contributed by atoms with Crippen molar-refractivity contribution in [1.29, 1.82) is 0 Å². The third-order valence-electron chi connectivity index (χ3n) is 1.98. The van der Waals surface area contributed by atoms with Crippen molar-refractivity contribution in [2.75, 3.05) is 19.8 Å². The third kappa shape index (κ3) is 86.6. The van der Waals surface area contributed by atoms with Crippen LogP contribution in [-0.2, 0) is 32.7 Å². The van der Waals surface area contributed by atoms with E-state index in [4.69, 9.17) is 21.5 Å². The van der Waals surface area contributed by atoms with Crippen LogP contribution < -0.4 is 5.73 Å². The molecule has 0 heterocycles. The molecule has 0 rings (SSSR count). The molecule has 0 aromatic rings. The molecular weight excluding hydrogens is 369 g/mol. The van der Waals surface area contributed by atoms with Crippen molar-refractivity contribution < 1.29 is 42.9 Å². The average molecular weight is 409 g/mol. The molecule has 0 aromatic heterocycles. The molecule has 1 unspecified atom stereocenters. The molecule has 0 spiro atoms. The average Bonchev–Trinajstić information content (AvgIpc) is 2.46. The normalized spacial score (nSPS) is 10.0. The number of azide groups is 1. The zero-order valence-corrected chi connectivity index (χ0v) is 19.4. The van der Waals surface area contributed by atoms with E-state index in [1.807, 2.05) is 27.7 Å². The monoisotopic (exact) mass is 409 g/mol. The second-order valence-corrected chi connectivity index (χ2v) is 6.35. The zero-order chi connectivity index (χ0) is 18.6. The molecule has 0 bridgehead atoms. The van der Waals surface area contributed by atoms with Gasteiger partial charge in [-0.2, -0.15) is 0 Å². The predicted molar refractivity (Wildman–Crippen MR) is 96.6 cm³/mol. The Morgan fingerprint density at radius 3 is 1.26 bits per heavy atom. The quantitative estimate of drug-likeness (QED) is 0.362. The molecule has 0 aliphatic carbocycles. The number of aliphatic hydroxyl groups excluding tert-OH is 2. The Morgan fingerprint density at radius 2 is 1.22 bits per heavy atom. The van der Waals surface area contributed by atoms with Gasteiger partial charge in [0.1, 0.15) is 0 Å². The summed E-state index contributed by atoms with van der Waals surface area (Å²) in [5.41, 5.74) is 12.8. The number of rotatable bonds is 5. The van der Waals surface area contributed by atoms with Gasteiger partial charge in [-0.1, -0.05) is 60.0 Å². The van der Waals surface area contributed by atoms with Crippen molar-refractivity contribution in [2.45, 2.75) is 67.9 Å². The first-order valence-electron chi connectivity index (χ1n) is 8.06. The van der Waals surface area contributed by atoms with Crippen LogP contribution in [0.25, 0.3) is 10.4 Å². The van der Waals surface area contributed by atoms with Gasteiger partial charge in [0.25, 0.3) is 0 Å². The molecule has 7 heteroatoms. The van der Waals surface area contributed by atoms with E-state index in [1.54, 1.807) is 6.92 Å². The molecule has 0 saturated carbocycles. The molecule has 0 aromatic carbocycles. The van der Waals surface area contributed by atoms with Crippen molar-refractivity contribution >= 4 is 0 Å². The van der Waals surface area contributed by atoms with Crippen LogP contribution >= 0.6 is 0 Å². The first-order valence-corrected chi connectivity index (χ1v) is 8.06. The molecule has 4 N–H and O–H groups in total. The second kappa shape index (κ2) is 30.2. The number of aliphatic hydroxyl groups is 2. The molecule has 0 saturated heterocycles. The Balaban J connectivity index is -0.0000000625. The van der Waals surface area contributed by atoms with Gasteiger partial charge < -0.3 is 15.9 Å². The summed E-state index contributed by atoms with van der Waals surface area (Å²) in [6, 6.07) is -0.0602. The number of nitrogens with zero attached hydrogens (tertiary/aromatic N) is 3. The maximum atomic E-state index is 8.14. The molecule has 0 aliphatic rings. The molecule has 6 nitrogen and oxygen atoms in total. The fourth-order valence-electron chi connectivity index (χ4n) is 0.200. The van der Waals surface area contributed by atoms with Crippen molar-refractivity contribution in [3.05, 3.63) is 10.4 Å². The fourth-order valence-corrected chi connectivity index (χ4v) is 0.200. The first kappa shape index (κ1) is 34.6. The first-order chi connectivity index (χ1) is 10.1. The van der Waals surface area contributed by atoms with E-state index in [0.717, 1.165) is 5.92 Å². The molecule has 0 fully saturated rings. The Morgan fingerprint density at radius 1 is 0.913 bits per heavy atom. The van der Waals surface area contributed by atoms with Crippen molar-refractivity contribution in [2.24, 2.45) is 28.6 Å². The summed E-state index contributed by atoms with van der Waals surface area (Å²) in [6.07, 6.45) is 1.31. The van der Waals surface area contributed by atoms with Gasteiger partial charge in [0, 0.05) is 56.8 Å². The number of hydrogen-bond donors (Lipinski definition) is 3. The van der Waals surface area contributed by atoms with Crippen molar-refractivity contribution in [1.82, 2.24) is 0 Å². The standard InChI is InChI=1S/C5H12.C4H9N3.C4H10O.C3H9NO.Y/c1-4-5(2)3;1-4(2)3-6-7-5;1-4(2)3-5;1-3(4)2-5;/h5H,4H2,1-3H3;4H,3H2,1-2H3;4-5H,3H2,1-2H3;3,5H,2,4H2,1H3;. The minimum Gasteiger partial charge on any atom is -0.396 e. The van der Waals surface area contributed by atoms with E-state index in [9.17, 15) is 0 Å². The van der Waals surface area contributed by atoms with Crippen LogP contribution in [0, 0.1) is 17.8 Å². The van der Waals surface area contributed by atoms with Gasteiger partial charge >= 0.3 is 0 Å². The summed E-state index contributed by atoms with van der Waals surface area (Å²) in [7, 11) is 0. The largest absolute Gasteiger partial charge is 0.396 e. The van der Waals surface area contributed by atoms with E-state index in [1.165, 1.54) is 6.42 Å². The Labute approximate surface area is 169 Å². The maximum absolute atomic E-state index is 8.14. The van der Waals surface area contributed by atoms with Crippen LogP contribution in [0.5, 0.6) is 0 Å². The zero-order valence-electron chi connectivity index (χ0n) is 16.5. The van der Waals surface area contributed by atoms with E-state index >= 15 is 0 Å². The van der Waals surface area contributed by atoms with E-state index in [0.29, 0.717) is 25.0 Å². The van der Waals surface area contributed by atoms with E-state index in [-0.39, 0.29) is 45.4 Å². The fraction of sp³-hybridized carbons (Fsp3) is 1.00. The Bertz CT molecular complexity index is 213. The minimum absolute atomic E-state index is 0.